The van der Waals surface area contributed by atoms with Gasteiger partial charge in [-0.3, -0.25) is 9.59 Å². The maximum absolute atomic E-state index is 11.7. The minimum absolute atomic E-state index is 0. The van der Waals surface area contributed by atoms with Gasteiger partial charge in [-0.05, 0) is 243 Å². The van der Waals surface area contributed by atoms with E-state index in [1.807, 2.05) is 107 Å². The minimum atomic E-state index is -0.476. The Balaban J connectivity index is 0.000000114. The lowest BCUT2D eigenvalue weighted by molar-refractivity contribution is -0.143. The molecule has 2 aliphatic carbocycles. The van der Waals surface area contributed by atoms with E-state index in [-0.39, 0.29) is 84.0 Å². The molecule has 8 bridgehead atoms. The summed E-state index contributed by atoms with van der Waals surface area (Å²) in [5.74, 6) is 1.79. The highest BCUT2D eigenvalue weighted by Crippen LogP contribution is 2.47. The van der Waals surface area contributed by atoms with Crippen molar-refractivity contribution in [2.75, 3.05) is 80.1 Å². The number of nitrogens with one attached hydrogen (secondary N) is 3. The molecule has 4 aromatic heterocycles. The fourth-order valence-corrected chi connectivity index (χ4v) is 18.8. The zero-order valence-corrected chi connectivity index (χ0v) is 80.2. The number of nitrogens with zero attached hydrogens (tertiary/aromatic N) is 9. The highest BCUT2D eigenvalue weighted by molar-refractivity contribution is 14.1. The van der Waals surface area contributed by atoms with Gasteiger partial charge in [0.2, 0.25) is 23.6 Å². The van der Waals surface area contributed by atoms with Gasteiger partial charge in [-0.2, -0.15) is 0 Å². The Hall–Kier alpha value is -6.50. The number of fused-ring (bicyclic) bond motifs is 10. The number of hydrogen-bond donors (Lipinski definition) is 3. The Morgan fingerprint density at radius 2 is 0.802 bits per heavy atom. The van der Waals surface area contributed by atoms with Gasteiger partial charge < -0.3 is 96.1 Å². The number of pyridine rings is 2. The van der Waals surface area contributed by atoms with Crippen LogP contribution in [0.5, 0.6) is 11.8 Å². The van der Waals surface area contributed by atoms with Crippen molar-refractivity contribution in [3.8, 4) is 23.0 Å². The number of aryl methyl sites for hydroxylation is 1. The van der Waals surface area contributed by atoms with Crippen molar-refractivity contribution in [2.24, 2.45) is 11.8 Å². The Bertz CT molecular complexity index is 4960. The third kappa shape index (κ3) is 21.2. The zero-order valence-electron chi connectivity index (χ0n) is 74.9. The van der Waals surface area contributed by atoms with Crippen LogP contribution in [0, 0.1) is 22.3 Å². The Morgan fingerprint density at radius 3 is 1.14 bits per heavy atom. The first-order valence-electron chi connectivity index (χ1n) is 45.1. The lowest BCUT2D eigenvalue weighted by Crippen LogP contribution is -2.57. The number of benzene rings is 4. The molecule has 21 heterocycles. The van der Waals surface area contributed by atoms with E-state index in [4.69, 9.17) is 66.3 Å². The summed E-state index contributed by atoms with van der Waals surface area (Å²) in [5.41, 5.74) is 9.43. The summed E-state index contributed by atoms with van der Waals surface area (Å²) < 4.78 is 79.0. The molecular formula is C94H126B3Br2IN12O14. The molecule has 2 saturated carbocycles. The van der Waals surface area contributed by atoms with E-state index >= 15 is 0 Å². The number of halogens is 3. The van der Waals surface area contributed by atoms with Crippen LogP contribution in [-0.4, -0.2) is 222 Å². The lowest BCUT2D eigenvalue weighted by Gasteiger charge is -2.48. The molecule has 0 radical (unpaired) electrons. The van der Waals surface area contributed by atoms with Gasteiger partial charge in [-0.1, -0.05) is 63.6 Å². The molecule has 2 amide bonds. The van der Waals surface area contributed by atoms with Crippen LogP contribution in [0.3, 0.4) is 0 Å². The van der Waals surface area contributed by atoms with Crippen LogP contribution in [0.1, 0.15) is 186 Å². The number of amides is 2. The number of carbonyl (C=O) groups excluding carboxylic acids is 2. The molecule has 32 heteroatoms. The first kappa shape index (κ1) is 92.8. The molecule has 4 aromatic carbocycles. The smallest absolute Gasteiger partial charge is 0.473 e. The second kappa shape index (κ2) is 37.6. The van der Waals surface area contributed by atoms with Crippen molar-refractivity contribution in [3.05, 3.63) is 140 Å². The topological polar surface area (TPSA) is 252 Å². The molecule has 19 fully saturated rings. The summed E-state index contributed by atoms with van der Waals surface area (Å²) in [4.78, 5) is 49.1. The van der Waals surface area contributed by atoms with Gasteiger partial charge in [-0.15, -0.1) is 0 Å². The molecule has 12 atom stereocenters. The maximum atomic E-state index is 11.7. The molecule has 126 heavy (non-hydrogen) atoms. The number of carbonyl (C=O) groups is 2. The third-order valence-corrected chi connectivity index (χ3v) is 29.8. The van der Waals surface area contributed by atoms with E-state index in [1.165, 1.54) is 59.2 Å². The van der Waals surface area contributed by atoms with Crippen LogP contribution in [0.4, 0.5) is 17.1 Å². The van der Waals surface area contributed by atoms with Crippen LogP contribution < -0.4 is 45.6 Å². The molecule has 27 rings (SSSR count). The van der Waals surface area contributed by atoms with Gasteiger partial charge in [0.15, 0.2) is 0 Å². The molecule has 17 aliphatic heterocycles. The summed E-state index contributed by atoms with van der Waals surface area (Å²) in [6.07, 6.45) is 18.1. The Kier molecular flexibility index (Phi) is 27.7. The van der Waals surface area contributed by atoms with Gasteiger partial charge in [0.1, 0.15) is 23.2 Å². The largest absolute Gasteiger partial charge is 0.494 e. The Morgan fingerprint density at radius 1 is 0.460 bits per heavy atom. The first-order chi connectivity index (χ1) is 59.5. The van der Waals surface area contributed by atoms with Crippen LogP contribution in [0.15, 0.2) is 131 Å². The summed E-state index contributed by atoms with van der Waals surface area (Å²) in [7, 11) is -1.23. The second-order valence-corrected chi connectivity index (χ2v) is 42.4. The number of morpholine rings is 4. The predicted octanol–water partition coefficient (Wildman–Crippen LogP) is 15.4. The number of hydrogen-bond acceptors (Lipinski definition) is 22. The number of ether oxygens (including phenoxy) is 6. The van der Waals surface area contributed by atoms with E-state index in [2.05, 4.69) is 223 Å². The van der Waals surface area contributed by atoms with E-state index in [9.17, 15) is 9.59 Å². The summed E-state index contributed by atoms with van der Waals surface area (Å²) in [6, 6.07) is 39.0. The van der Waals surface area contributed by atoms with Crippen molar-refractivity contribution in [3.63, 3.8) is 0 Å². The third-order valence-electron chi connectivity index (χ3n) is 28.0. The van der Waals surface area contributed by atoms with E-state index in [0.29, 0.717) is 98.6 Å². The maximum Gasteiger partial charge on any atom is 0.494 e. The highest BCUT2D eigenvalue weighted by Gasteiger charge is 2.64. The van der Waals surface area contributed by atoms with Gasteiger partial charge >= 0.3 is 21.1 Å². The Labute approximate surface area is 774 Å². The molecule has 26 nitrogen and oxygen atoms in total. The molecule has 8 aromatic rings. The van der Waals surface area contributed by atoms with E-state index in [0.717, 1.165) is 119 Å². The van der Waals surface area contributed by atoms with E-state index in [1.54, 1.807) is 0 Å². The number of rotatable bonds is 14. The van der Waals surface area contributed by atoms with E-state index < -0.39 is 14.0 Å². The van der Waals surface area contributed by atoms with Crippen molar-refractivity contribution < 1.29 is 65.9 Å². The predicted molar refractivity (Wildman–Crippen MR) is 509 cm³/mol. The van der Waals surface area contributed by atoms with Crippen LogP contribution in [0.25, 0.3) is 33.3 Å². The van der Waals surface area contributed by atoms with Crippen molar-refractivity contribution in [1.29, 1.82) is 0 Å². The average molecular weight is 1970 g/mol. The van der Waals surface area contributed by atoms with Gasteiger partial charge in [0.05, 0.1) is 112 Å². The summed E-state index contributed by atoms with van der Waals surface area (Å²) in [5, 5.41) is 9.04. The molecule has 17 saturated heterocycles. The average Bonchev–Trinajstić information content (AvgIpc) is 1.58. The van der Waals surface area contributed by atoms with Crippen molar-refractivity contribution >= 4 is 132 Å². The van der Waals surface area contributed by atoms with Crippen molar-refractivity contribution in [2.45, 2.75) is 282 Å². The first-order valence-corrected chi connectivity index (χ1v) is 47.8. The van der Waals surface area contributed by atoms with Crippen LogP contribution >= 0.6 is 54.5 Å². The SMILES string of the molecule is Brc1ccc(I)cc1.Brc1ccc(N2CC3CC(C2)O3)cc1.C.C1NCC2CC1O2.CC1(C)OB(B2OC(C)(C)C(C)(C)O2)OC1(C)C.CC1(C)OB(c2ccc(N3CC4CC(C3)O4)cc2)OC1(C)C.C[C@@H](Oc1nc(-c2ccc(N3CC4CC(C3)O4)cc2)cc2ncn(C3CC3)c12)[C@H]1CNC(=O)C1.Cc1cc2ncn(C3CC3)c2c(O[C@H](C)[C@H]2CNC(=O)C2)n1. The van der Waals surface area contributed by atoms with Crippen molar-refractivity contribution in [1.82, 2.24) is 45.0 Å². The molecule has 8 unspecified atom stereocenters. The molecule has 0 spiro atoms. The van der Waals surface area contributed by atoms with Gasteiger partial charge in [0, 0.05) is 169 Å². The summed E-state index contributed by atoms with van der Waals surface area (Å²) >= 11 is 9.06. The van der Waals surface area contributed by atoms with Crippen LogP contribution in [-0.2, 0) is 56.5 Å². The minimum Gasteiger partial charge on any atom is -0.473 e. The molecule has 3 N–H and O–H groups in total. The summed E-state index contributed by atoms with van der Waals surface area (Å²) in [6.45, 7) is 40.1. The van der Waals surface area contributed by atoms with Gasteiger partial charge in [-0.25, -0.2) is 19.9 Å². The number of piperidine rings is 4. The number of anilines is 3. The normalized spacial score (nSPS) is 28.0. The zero-order chi connectivity index (χ0) is 87.8. The fraction of sp³-hybridized carbons (Fsp3) is 0.596. The fourth-order valence-electron chi connectivity index (χ4n) is 17.9. The van der Waals surface area contributed by atoms with Crippen LogP contribution in [0.2, 0.25) is 0 Å². The standard InChI is InChI=1S/C26H29N5O3.C17H24BNO3.C16H20N4O2.C12H24B2O4.C11H12BrNO.C6H4BrI.C5H9NO.CH4/c1-15(17-8-24(32)27-11-17)33-26-25-23(28-14-31(25)19-6-7-19)10-22(29-26)16-2-4-18(5-3-16)30-12-20-9-21(13-30)34-20;1-16(2)17(3,4)22-18(21-16)12-5-7-13(8-6-12)19-10-14-9-15(11-19)20-14;1-9-5-13-15(20(8-18-13)12-3-4-12)16(19-9)22-10(2)11-6-14(21)17-7-11;1-9(2)10(3,4)16-13(15-9)14-17-11(5,6)12(7,8)18-14;12-8-1-3-9(4-2-8)13-6-10-5-11(7-13)14-10;7-5-1-3-6(8)4-2-5;1-4-2-6-3-5(1)7-4;/h2-5,10,14-15,17,19-21H,6-9,11-13H2,1H3,(H,27,32);5-8,14-15H,9-11H2,1-4H3;5,8,10-12H,3-4,6-7H2,1-2H3,(H,17,21);1-8H3;1-4,10-11H,5-7H2;1-4H;4-6H,1-3H2;1H4/t15-,17-,20?,21?;;10-,11-;;;;;/m1.1...../s1. The highest BCUT2D eigenvalue weighted by atomic mass is 127. The monoisotopic (exact) mass is 1960 g/mol. The lowest BCUT2D eigenvalue weighted by atomic mass is 9.49. The quantitative estimate of drug-likeness (QED) is 0.0676. The van der Waals surface area contributed by atoms with Gasteiger partial charge in [0.25, 0.3) is 0 Å². The molecule has 19 aliphatic rings. The second-order valence-electron chi connectivity index (χ2n) is 39.3. The molecular weight excluding hydrogens is 1840 g/mol. The molecule has 676 valence electrons. The number of aromatic nitrogens is 6. The number of imidazole rings is 2.